The number of ether oxygens (including phenoxy) is 2. The molecule has 0 fully saturated rings. The van der Waals surface area contributed by atoms with Gasteiger partial charge in [-0.2, -0.15) is 0 Å². The predicted molar refractivity (Wildman–Crippen MR) is 142 cm³/mol. The number of carbonyl (C=O) groups excluding carboxylic acids is 3. The number of benzene rings is 2. The summed E-state index contributed by atoms with van der Waals surface area (Å²) >= 11 is 0. The van der Waals surface area contributed by atoms with E-state index in [1.807, 2.05) is 48.9 Å². The van der Waals surface area contributed by atoms with Gasteiger partial charge in [0.05, 0.1) is 6.10 Å². The minimum Gasteiger partial charge on any atom is -0.507 e. The van der Waals surface area contributed by atoms with E-state index in [0.29, 0.717) is 49.7 Å². The summed E-state index contributed by atoms with van der Waals surface area (Å²) in [6.07, 6.45) is 6.77. The lowest BCUT2D eigenvalue weighted by atomic mass is 10.0. The molecule has 37 heavy (non-hydrogen) atoms. The highest BCUT2D eigenvalue weighted by Gasteiger charge is 2.23. The molecule has 0 saturated carbocycles. The van der Waals surface area contributed by atoms with Crippen molar-refractivity contribution in [3.63, 3.8) is 0 Å². The van der Waals surface area contributed by atoms with Crippen molar-refractivity contribution in [2.75, 3.05) is 6.61 Å². The number of nitrogens with zero attached hydrogens (tertiary/aromatic N) is 1. The lowest BCUT2D eigenvalue weighted by Gasteiger charge is -2.16. The Balaban J connectivity index is 1.59. The standard InChI is InChI=1S/C30H33NO6/c1-19-10-9-13-22(32)12-6-4-5-11-21-16-23(17-26(33)29(21)30(35)37-19)36-18-27(34)28-20(2)31(3)25-15-8-7-14-24(25)28/h5,7-8,11,14-17,19,33H,4,6,9-10,12-13,18H2,1-3H3/b11-5+/t19-/m0/s1. The van der Waals surface area contributed by atoms with Crippen LogP contribution in [0.2, 0.25) is 0 Å². The number of phenolic OH excluding ortho intramolecular Hbond substituents is 1. The molecule has 7 nitrogen and oxygen atoms in total. The second-order valence-corrected chi connectivity index (χ2v) is 9.60. The molecule has 0 spiro atoms. The van der Waals surface area contributed by atoms with Gasteiger partial charge in [-0.05, 0) is 57.2 Å². The number of aryl methyl sites for hydroxylation is 1. The zero-order chi connectivity index (χ0) is 26.5. The number of allylic oxidation sites excluding steroid dienone is 1. The van der Waals surface area contributed by atoms with Crippen molar-refractivity contribution >= 4 is 34.5 Å². The van der Waals surface area contributed by atoms with Crippen molar-refractivity contribution in [3.8, 4) is 11.5 Å². The number of rotatable bonds is 4. The summed E-state index contributed by atoms with van der Waals surface area (Å²) in [7, 11) is 1.92. The number of phenols is 1. The van der Waals surface area contributed by atoms with E-state index in [1.165, 1.54) is 6.07 Å². The lowest BCUT2D eigenvalue weighted by molar-refractivity contribution is -0.119. The van der Waals surface area contributed by atoms with Crippen molar-refractivity contribution in [3.05, 3.63) is 64.9 Å². The highest BCUT2D eigenvalue weighted by molar-refractivity contribution is 6.10. The molecule has 1 aliphatic heterocycles. The topological polar surface area (TPSA) is 94.8 Å². The molecule has 1 aromatic heterocycles. The zero-order valence-electron chi connectivity index (χ0n) is 21.6. The molecular weight excluding hydrogens is 470 g/mol. The molecule has 3 aromatic rings. The summed E-state index contributed by atoms with van der Waals surface area (Å²) < 4.78 is 13.3. The van der Waals surface area contributed by atoms with Crippen molar-refractivity contribution in [2.24, 2.45) is 7.05 Å². The number of aromatic hydroxyl groups is 1. The largest absolute Gasteiger partial charge is 0.507 e. The Morgan fingerprint density at radius 1 is 1.16 bits per heavy atom. The number of carbonyl (C=O) groups is 3. The first-order valence-corrected chi connectivity index (χ1v) is 12.7. The Bertz CT molecular complexity index is 1370. The SMILES string of the molecule is Cc1c(C(=O)COc2cc(O)c3c(c2)/C=C/CCCC(=O)CCC[C@H](C)OC3=O)c2ccccc2n1C. The van der Waals surface area contributed by atoms with Gasteiger partial charge in [-0.1, -0.05) is 30.4 Å². The first-order chi connectivity index (χ1) is 17.8. The Morgan fingerprint density at radius 3 is 2.73 bits per heavy atom. The number of Topliss-reactive ketones (excluding diaryl/α,β-unsaturated/α-hetero) is 2. The summed E-state index contributed by atoms with van der Waals surface area (Å²) in [6.45, 7) is 3.45. The van der Waals surface area contributed by atoms with Gasteiger partial charge in [-0.15, -0.1) is 0 Å². The number of hydrogen-bond acceptors (Lipinski definition) is 6. The molecule has 1 N–H and O–H groups in total. The smallest absolute Gasteiger partial charge is 0.342 e. The van der Waals surface area contributed by atoms with Crippen LogP contribution >= 0.6 is 0 Å². The fourth-order valence-corrected chi connectivity index (χ4v) is 4.79. The van der Waals surface area contributed by atoms with E-state index in [2.05, 4.69) is 0 Å². The van der Waals surface area contributed by atoms with Crippen LogP contribution in [0.1, 0.15) is 77.4 Å². The molecular formula is C30H33NO6. The van der Waals surface area contributed by atoms with Crippen LogP contribution in [0, 0.1) is 6.92 Å². The monoisotopic (exact) mass is 503 g/mol. The molecule has 2 aromatic carbocycles. The van der Waals surface area contributed by atoms with E-state index >= 15 is 0 Å². The molecule has 0 amide bonds. The van der Waals surface area contributed by atoms with E-state index in [-0.39, 0.29) is 35.2 Å². The van der Waals surface area contributed by atoms with Crippen LogP contribution in [0.3, 0.4) is 0 Å². The molecule has 1 atom stereocenters. The summed E-state index contributed by atoms with van der Waals surface area (Å²) in [5.74, 6) is -0.608. The van der Waals surface area contributed by atoms with Gasteiger partial charge >= 0.3 is 5.97 Å². The highest BCUT2D eigenvalue weighted by atomic mass is 16.5. The number of cyclic esters (lactones) is 1. The minimum absolute atomic E-state index is 0.0554. The molecule has 0 radical (unpaired) electrons. The maximum atomic E-state index is 13.2. The average molecular weight is 504 g/mol. The maximum absolute atomic E-state index is 13.2. The van der Waals surface area contributed by atoms with Gasteiger partial charge in [-0.3, -0.25) is 9.59 Å². The fraction of sp³-hybridized carbons (Fsp3) is 0.367. The van der Waals surface area contributed by atoms with Gasteiger partial charge in [0.15, 0.2) is 6.61 Å². The van der Waals surface area contributed by atoms with Crippen molar-refractivity contribution < 1.29 is 29.0 Å². The van der Waals surface area contributed by atoms with Crippen LogP contribution in [0.4, 0.5) is 0 Å². The predicted octanol–water partition coefficient (Wildman–Crippen LogP) is 5.94. The second kappa shape index (κ2) is 11.5. The molecule has 0 bridgehead atoms. The minimum atomic E-state index is -0.637. The number of aromatic nitrogens is 1. The fourth-order valence-electron chi connectivity index (χ4n) is 4.79. The van der Waals surface area contributed by atoms with Crippen LogP contribution in [0.25, 0.3) is 17.0 Å². The highest BCUT2D eigenvalue weighted by Crippen LogP contribution is 2.31. The normalized spacial score (nSPS) is 18.1. The summed E-state index contributed by atoms with van der Waals surface area (Å²) in [6, 6.07) is 10.7. The molecule has 2 heterocycles. The van der Waals surface area contributed by atoms with Gasteiger partial charge < -0.3 is 19.1 Å². The van der Waals surface area contributed by atoms with Crippen LogP contribution in [0.15, 0.2) is 42.5 Å². The Morgan fingerprint density at radius 2 is 1.92 bits per heavy atom. The van der Waals surface area contributed by atoms with E-state index in [4.69, 9.17) is 9.47 Å². The van der Waals surface area contributed by atoms with Crippen LogP contribution in [-0.2, 0) is 16.6 Å². The molecule has 0 unspecified atom stereocenters. The lowest BCUT2D eigenvalue weighted by Crippen LogP contribution is -2.17. The van der Waals surface area contributed by atoms with Crippen molar-refractivity contribution in [2.45, 2.75) is 58.5 Å². The molecule has 4 rings (SSSR count). The van der Waals surface area contributed by atoms with Crippen LogP contribution in [-0.4, -0.2) is 39.9 Å². The summed E-state index contributed by atoms with van der Waals surface area (Å²) in [5, 5.41) is 11.6. The third-order valence-electron chi connectivity index (χ3n) is 6.87. The van der Waals surface area contributed by atoms with Gasteiger partial charge in [0.1, 0.15) is 22.8 Å². The van der Waals surface area contributed by atoms with E-state index in [0.717, 1.165) is 16.6 Å². The van der Waals surface area contributed by atoms with Crippen molar-refractivity contribution in [1.29, 1.82) is 0 Å². The molecule has 0 saturated heterocycles. The number of ketones is 2. The van der Waals surface area contributed by atoms with Gasteiger partial charge in [0, 0.05) is 48.1 Å². The quantitative estimate of drug-likeness (QED) is 0.350. The third-order valence-corrected chi connectivity index (χ3v) is 6.87. The van der Waals surface area contributed by atoms with E-state index < -0.39 is 12.1 Å². The second-order valence-electron chi connectivity index (χ2n) is 9.60. The summed E-state index contributed by atoms with van der Waals surface area (Å²) in [5.41, 5.74) is 2.91. The molecule has 194 valence electrons. The van der Waals surface area contributed by atoms with Crippen LogP contribution in [0.5, 0.6) is 11.5 Å². The molecule has 0 aliphatic carbocycles. The Kier molecular flexibility index (Phi) is 8.11. The van der Waals surface area contributed by atoms with Gasteiger partial charge in [-0.25, -0.2) is 4.79 Å². The van der Waals surface area contributed by atoms with Crippen molar-refractivity contribution in [1.82, 2.24) is 4.57 Å². The summed E-state index contributed by atoms with van der Waals surface area (Å²) in [4.78, 5) is 38.1. The number of esters is 1. The molecule has 7 heteroatoms. The number of fused-ring (bicyclic) bond motifs is 2. The maximum Gasteiger partial charge on any atom is 0.342 e. The Labute approximate surface area is 216 Å². The Hall–Kier alpha value is -3.87. The van der Waals surface area contributed by atoms with E-state index in [9.17, 15) is 19.5 Å². The third kappa shape index (κ3) is 5.93. The molecule has 1 aliphatic rings. The first kappa shape index (κ1) is 26.2. The zero-order valence-corrected chi connectivity index (χ0v) is 21.6. The van der Waals surface area contributed by atoms with E-state index in [1.54, 1.807) is 19.1 Å². The van der Waals surface area contributed by atoms with Gasteiger partial charge in [0.25, 0.3) is 0 Å². The number of para-hydroxylation sites is 1. The number of hydrogen-bond donors (Lipinski definition) is 1. The average Bonchev–Trinajstić information content (AvgIpc) is 3.11. The first-order valence-electron chi connectivity index (χ1n) is 12.7. The van der Waals surface area contributed by atoms with Gasteiger partial charge in [0.2, 0.25) is 5.78 Å². The van der Waals surface area contributed by atoms with Crippen LogP contribution < -0.4 is 4.74 Å².